The molecule has 2 amide bonds. The van der Waals surface area contributed by atoms with Gasteiger partial charge in [-0.2, -0.15) is 0 Å². The molecule has 6 rings (SSSR count). The molecular formula is C38H38N2O4S2. The zero-order valence-corrected chi connectivity index (χ0v) is 28.0. The molecule has 3 aromatic carbocycles. The minimum Gasteiger partial charge on any atom is -0.478 e. The van der Waals surface area contributed by atoms with E-state index in [2.05, 4.69) is 35.7 Å². The molecular weight excluding hydrogens is 613 g/mol. The maximum atomic E-state index is 14.2. The van der Waals surface area contributed by atoms with Gasteiger partial charge in [0.15, 0.2) is 5.54 Å². The predicted molar refractivity (Wildman–Crippen MR) is 187 cm³/mol. The minimum absolute atomic E-state index is 0.0496. The van der Waals surface area contributed by atoms with E-state index in [9.17, 15) is 14.4 Å². The second kappa shape index (κ2) is 14.4. The molecule has 0 spiro atoms. The van der Waals surface area contributed by atoms with Crippen LogP contribution in [0.1, 0.15) is 57.3 Å². The molecule has 0 bridgehead atoms. The summed E-state index contributed by atoms with van der Waals surface area (Å²) in [6.07, 6.45) is 4.35. The van der Waals surface area contributed by atoms with Gasteiger partial charge in [0.1, 0.15) is 5.37 Å². The number of nitrogens with one attached hydrogen (secondary N) is 1. The van der Waals surface area contributed by atoms with Gasteiger partial charge in [-0.05, 0) is 67.5 Å². The Balaban J connectivity index is 0.000000322. The Hall–Kier alpha value is -4.40. The minimum atomic E-state index is -1.08. The topological polar surface area (TPSA) is 86.7 Å². The summed E-state index contributed by atoms with van der Waals surface area (Å²) >= 11 is 3.28. The maximum absolute atomic E-state index is 14.2. The summed E-state index contributed by atoms with van der Waals surface area (Å²) in [6.45, 7) is 7.75. The van der Waals surface area contributed by atoms with E-state index in [-0.39, 0.29) is 29.5 Å². The van der Waals surface area contributed by atoms with Crippen molar-refractivity contribution in [1.29, 1.82) is 0 Å². The first-order valence-electron chi connectivity index (χ1n) is 15.2. The maximum Gasteiger partial charge on any atom is 0.335 e. The van der Waals surface area contributed by atoms with Crippen LogP contribution in [-0.4, -0.2) is 44.5 Å². The second-order valence-electron chi connectivity index (χ2n) is 11.5. The van der Waals surface area contributed by atoms with Crippen molar-refractivity contribution < 1.29 is 19.5 Å². The zero-order valence-electron chi connectivity index (χ0n) is 26.4. The summed E-state index contributed by atoms with van der Waals surface area (Å²) in [4.78, 5) is 41.1. The van der Waals surface area contributed by atoms with Crippen LogP contribution in [0.5, 0.6) is 0 Å². The smallest absolute Gasteiger partial charge is 0.335 e. The molecule has 2 N–H and O–H groups in total. The Kier molecular flexibility index (Phi) is 10.3. The van der Waals surface area contributed by atoms with Crippen molar-refractivity contribution in [2.45, 2.75) is 50.9 Å². The van der Waals surface area contributed by atoms with Crippen molar-refractivity contribution in [1.82, 2.24) is 10.2 Å². The van der Waals surface area contributed by atoms with Gasteiger partial charge in [0.2, 0.25) is 5.91 Å². The molecule has 3 heterocycles. The average molecular weight is 651 g/mol. The Morgan fingerprint density at radius 3 is 2.17 bits per heavy atom. The van der Waals surface area contributed by atoms with E-state index in [4.69, 9.17) is 5.11 Å². The van der Waals surface area contributed by atoms with E-state index >= 15 is 0 Å². The Labute approximate surface area is 278 Å². The summed E-state index contributed by atoms with van der Waals surface area (Å²) in [5.74, 6) is -0.550. The van der Waals surface area contributed by atoms with Crippen LogP contribution >= 0.6 is 23.1 Å². The van der Waals surface area contributed by atoms with Crippen molar-refractivity contribution in [2.24, 2.45) is 0 Å². The van der Waals surface area contributed by atoms with Crippen LogP contribution in [0.4, 0.5) is 0 Å². The Morgan fingerprint density at radius 1 is 0.978 bits per heavy atom. The SMILES string of the molecule is CC=CC1=C(C)N2C(=O)[C@](NC(=O)Cc3cccs3)(C(c3ccccc3)c3ccccc3)[C@@H]2SC1.Cc1ccc(C(=O)O)c(C)c1. The number of aromatic carboxylic acids is 1. The number of thiophene rings is 1. The molecule has 2 aliphatic rings. The number of fused-ring (bicyclic) bond motifs is 1. The lowest BCUT2D eigenvalue weighted by Crippen LogP contribution is -2.81. The number of carboxylic acid groups (broad SMARTS) is 1. The van der Waals surface area contributed by atoms with Gasteiger partial charge in [-0.15, -0.1) is 23.1 Å². The number of β-lactam (4-membered cyclic amide) rings is 1. The molecule has 0 saturated carbocycles. The van der Waals surface area contributed by atoms with Gasteiger partial charge >= 0.3 is 5.97 Å². The van der Waals surface area contributed by atoms with Crippen LogP contribution in [0.2, 0.25) is 0 Å². The zero-order chi connectivity index (χ0) is 32.8. The first kappa shape index (κ1) is 33.0. The lowest BCUT2D eigenvalue weighted by atomic mass is 9.68. The van der Waals surface area contributed by atoms with Crippen LogP contribution in [0.15, 0.2) is 120 Å². The fourth-order valence-electron chi connectivity index (χ4n) is 6.24. The number of allylic oxidation sites excluding steroid dienone is 3. The van der Waals surface area contributed by atoms with Crippen molar-refractivity contribution in [3.05, 3.63) is 152 Å². The highest BCUT2D eigenvalue weighted by molar-refractivity contribution is 8.00. The number of amides is 2. The summed E-state index contributed by atoms with van der Waals surface area (Å²) in [5.41, 5.74) is 5.37. The number of rotatable bonds is 8. The van der Waals surface area contributed by atoms with E-state index in [1.807, 2.05) is 91.7 Å². The third kappa shape index (κ3) is 6.59. The molecule has 8 heteroatoms. The normalized spacial score (nSPS) is 18.9. The van der Waals surface area contributed by atoms with Gasteiger partial charge in [0, 0.05) is 22.2 Å². The number of benzene rings is 3. The number of thioether (sulfide) groups is 1. The fourth-order valence-corrected chi connectivity index (χ4v) is 8.55. The largest absolute Gasteiger partial charge is 0.478 e. The highest BCUT2D eigenvalue weighted by atomic mass is 32.2. The summed E-state index contributed by atoms with van der Waals surface area (Å²) < 4.78 is 0. The van der Waals surface area contributed by atoms with E-state index < -0.39 is 11.5 Å². The van der Waals surface area contributed by atoms with Crippen molar-refractivity contribution in [3.8, 4) is 0 Å². The molecule has 236 valence electrons. The highest BCUT2D eigenvalue weighted by Crippen LogP contribution is 2.54. The Morgan fingerprint density at radius 2 is 1.63 bits per heavy atom. The average Bonchev–Trinajstić information content (AvgIpc) is 3.55. The standard InChI is InChI=1S/C29H28N2O2S2.C9H10O2/c1-3-11-23-19-35-28-29(27(33)31(28)20(23)2,30-25(32)18-24-16-10-17-34-24)26(21-12-6-4-7-13-21)22-14-8-5-9-15-22;1-6-3-4-8(9(10)11)7(2)5-6/h3-17,26,28H,18-19H2,1-2H3,(H,30,32);3-5H,1-2H3,(H,10,11)/t28-,29+;/m0./s1. The number of hydrogen-bond acceptors (Lipinski definition) is 5. The number of carbonyl (C=O) groups is 3. The third-order valence-electron chi connectivity index (χ3n) is 8.38. The summed E-state index contributed by atoms with van der Waals surface area (Å²) in [6, 6.07) is 29.4. The fraction of sp³-hybridized carbons (Fsp3) is 0.237. The van der Waals surface area contributed by atoms with Crippen LogP contribution in [-0.2, 0) is 16.0 Å². The third-order valence-corrected chi connectivity index (χ3v) is 10.6. The highest BCUT2D eigenvalue weighted by Gasteiger charge is 2.67. The second-order valence-corrected chi connectivity index (χ2v) is 13.6. The van der Waals surface area contributed by atoms with Crippen LogP contribution in [0.25, 0.3) is 0 Å². The Bertz CT molecular complexity index is 1730. The van der Waals surface area contributed by atoms with E-state index in [0.717, 1.165) is 44.2 Å². The lowest BCUT2D eigenvalue weighted by molar-refractivity contribution is -0.157. The number of carbonyl (C=O) groups excluding carboxylic acids is 2. The van der Waals surface area contributed by atoms with Gasteiger partial charge in [-0.1, -0.05) is 96.6 Å². The number of hydrogen-bond donors (Lipinski definition) is 2. The molecule has 0 aliphatic carbocycles. The molecule has 1 aromatic heterocycles. The van der Waals surface area contributed by atoms with Crippen LogP contribution in [0.3, 0.4) is 0 Å². The quantitative estimate of drug-likeness (QED) is 0.191. The molecule has 2 aliphatic heterocycles. The van der Waals surface area contributed by atoms with Crippen molar-refractivity contribution in [3.63, 3.8) is 0 Å². The van der Waals surface area contributed by atoms with Crippen molar-refractivity contribution in [2.75, 3.05) is 5.75 Å². The van der Waals surface area contributed by atoms with Gasteiger partial charge in [-0.25, -0.2) is 4.79 Å². The van der Waals surface area contributed by atoms with Gasteiger partial charge in [-0.3, -0.25) is 14.5 Å². The van der Waals surface area contributed by atoms with E-state index in [0.29, 0.717) is 5.56 Å². The van der Waals surface area contributed by atoms with E-state index in [1.165, 1.54) is 0 Å². The first-order chi connectivity index (χ1) is 22.2. The molecule has 1 fully saturated rings. The number of carboxylic acids is 1. The van der Waals surface area contributed by atoms with Crippen LogP contribution in [0, 0.1) is 13.8 Å². The first-order valence-corrected chi connectivity index (χ1v) is 17.1. The molecule has 4 aromatic rings. The molecule has 2 atom stereocenters. The molecule has 0 radical (unpaired) electrons. The number of aryl methyl sites for hydroxylation is 2. The molecule has 6 nitrogen and oxygen atoms in total. The van der Waals surface area contributed by atoms with E-state index in [1.54, 1.807) is 42.2 Å². The summed E-state index contributed by atoms with van der Waals surface area (Å²) in [7, 11) is 0. The molecule has 46 heavy (non-hydrogen) atoms. The van der Waals surface area contributed by atoms with Crippen molar-refractivity contribution >= 4 is 40.9 Å². The molecule has 0 unspecified atom stereocenters. The summed E-state index contributed by atoms with van der Waals surface area (Å²) in [5, 5.41) is 13.7. The van der Waals surface area contributed by atoms with Gasteiger partial charge in [0.25, 0.3) is 5.91 Å². The number of nitrogens with zero attached hydrogens (tertiary/aromatic N) is 1. The predicted octanol–water partition coefficient (Wildman–Crippen LogP) is 7.74. The molecule has 1 saturated heterocycles. The van der Waals surface area contributed by atoms with Gasteiger partial charge in [0.05, 0.1) is 12.0 Å². The monoisotopic (exact) mass is 650 g/mol. The lowest BCUT2D eigenvalue weighted by Gasteiger charge is -2.60. The van der Waals surface area contributed by atoms with Crippen LogP contribution < -0.4 is 5.32 Å². The van der Waals surface area contributed by atoms with Gasteiger partial charge < -0.3 is 10.4 Å².